The summed E-state index contributed by atoms with van der Waals surface area (Å²) in [5.41, 5.74) is 0.554. The lowest BCUT2D eigenvalue weighted by molar-refractivity contribution is -0.133. The summed E-state index contributed by atoms with van der Waals surface area (Å²) in [5.74, 6) is -0.145. The van der Waals surface area contributed by atoms with Gasteiger partial charge in [-0.2, -0.15) is 0 Å². The van der Waals surface area contributed by atoms with Gasteiger partial charge in [0.2, 0.25) is 5.91 Å². The molecule has 1 aromatic heterocycles. The normalized spacial score (nSPS) is 14.5. The van der Waals surface area contributed by atoms with Crippen molar-refractivity contribution in [3.8, 4) is 0 Å². The monoisotopic (exact) mass is 350 g/mol. The molecule has 2 rings (SSSR count). The van der Waals surface area contributed by atoms with Crippen molar-refractivity contribution in [1.29, 1.82) is 0 Å². The van der Waals surface area contributed by atoms with Crippen LogP contribution in [0.15, 0.2) is 17.2 Å². The van der Waals surface area contributed by atoms with E-state index >= 15 is 0 Å². The Bertz CT molecular complexity index is 650. The van der Waals surface area contributed by atoms with Gasteiger partial charge in [0, 0.05) is 37.9 Å². The predicted octanol–water partition coefficient (Wildman–Crippen LogP) is 0.887. The molecule has 1 saturated heterocycles. The first-order valence-electron chi connectivity index (χ1n) is 8.80. The zero-order valence-corrected chi connectivity index (χ0v) is 14.9. The fourth-order valence-corrected chi connectivity index (χ4v) is 2.68. The molecule has 1 aromatic rings. The van der Waals surface area contributed by atoms with E-state index in [9.17, 15) is 14.4 Å². The van der Waals surface area contributed by atoms with Crippen LogP contribution in [0.3, 0.4) is 0 Å². The Labute approximate surface area is 147 Å². The van der Waals surface area contributed by atoms with E-state index in [0.29, 0.717) is 32.8 Å². The number of unbranched alkanes of at least 4 members (excludes halogenated alkanes) is 1. The third kappa shape index (κ3) is 5.30. The Balaban J connectivity index is 1.88. The molecule has 0 radical (unpaired) electrons. The number of hydrogen-bond donors (Lipinski definition) is 0. The summed E-state index contributed by atoms with van der Waals surface area (Å²) in [6.07, 6.45) is 3.90. The van der Waals surface area contributed by atoms with Crippen molar-refractivity contribution in [2.75, 3.05) is 32.8 Å². The molecule has 1 aliphatic rings. The SMILES string of the molecule is CCCCc1cc(=O)n(CC(=O)N2CCN(C(=O)OCC)CC2)cn1. The van der Waals surface area contributed by atoms with Crippen LogP contribution < -0.4 is 5.56 Å². The maximum absolute atomic E-state index is 12.4. The van der Waals surface area contributed by atoms with Gasteiger partial charge in [-0.1, -0.05) is 13.3 Å². The Hall–Kier alpha value is -2.38. The number of aryl methyl sites for hydroxylation is 1. The largest absolute Gasteiger partial charge is 0.450 e. The minimum atomic E-state index is -0.349. The molecule has 0 atom stereocenters. The van der Waals surface area contributed by atoms with Crippen LogP contribution in [0.2, 0.25) is 0 Å². The maximum atomic E-state index is 12.4. The summed E-state index contributed by atoms with van der Waals surface area (Å²) in [6.45, 7) is 5.91. The molecule has 1 fully saturated rings. The first-order chi connectivity index (χ1) is 12.0. The molecule has 25 heavy (non-hydrogen) atoms. The van der Waals surface area contributed by atoms with Crippen LogP contribution in [-0.4, -0.2) is 64.1 Å². The number of carbonyl (C=O) groups excluding carboxylic acids is 2. The van der Waals surface area contributed by atoms with E-state index in [2.05, 4.69) is 11.9 Å². The Morgan fingerprint density at radius 2 is 1.84 bits per heavy atom. The molecule has 0 N–H and O–H groups in total. The minimum Gasteiger partial charge on any atom is -0.450 e. The third-order valence-corrected chi connectivity index (χ3v) is 4.19. The van der Waals surface area contributed by atoms with Crippen molar-refractivity contribution in [3.63, 3.8) is 0 Å². The van der Waals surface area contributed by atoms with Gasteiger partial charge in [0.15, 0.2) is 0 Å². The van der Waals surface area contributed by atoms with Gasteiger partial charge in [-0.15, -0.1) is 0 Å². The molecular formula is C17H26N4O4. The van der Waals surface area contributed by atoms with Gasteiger partial charge in [-0.05, 0) is 19.8 Å². The molecule has 0 bridgehead atoms. The summed E-state index contributed by atoms with van der Waals surface area (Å²) in [7, 11) is 0. The van der Waals surface area contributed by atoms with E-state index in [1.165, 1.54) is 17.0 Å². The molecule has 138 valence electrons. The second kappa shape index (κ2) is 9.19. The topological polar surface area (TPSA) is 84.7 Å². The minimum absolute atomic E-state index is 0.0285. The number of carbonyl (C=O) groups is 2. The van der Waals surface area contributed by atoms with Crippen LogP contribution in [0.4, 0.5) is 4.79 Å². The van der Waals surface area contributed by atoms with Crippen molar-refractivity contribution in [1.82, 2.24) is 19.4 Å². The fourth-order valence-electron chi connectivity index (χ4n) is 2.68. The highest BCUT2D eigenvalue weighted by Gasteiger charge is 2.25. The van der Waals surface area contributed by atoms with Crippen molar-refractivity contribution in [3.05, 3.63) is 28.4 Å². The zero-order valence-electron chi connectivity index (χ0n) is 14.9. The first kappa shape index (κ1) is 19.0. The molecule has 0 spiro atoms. The second-order valence-electron chi connectivity index (χ2n) is 6.02. The first-order valence-corrected chi connectivity index (χ1v) is 8.80. The van der Waals surface area contributed by atoms with Crippen LogP contribution in [0.5, 0.6) is 0 Å². The molecule has 2 heterocycles. The smallest absolute Gasteiger partial charge is 0.409 e. The average Bonchev–Trinajstić information content (AvgIpc) is 2.62. The molecule has 0 unspecified atom stereocenters. The van der Waals surface area contributed by atoms with Crippen LogP contribution in [0.25, 0.3) is 0 Å². The molecule has 0 saturated carbocycles. The number of piperazine rings is 1. The third-order valence-electron chi connectivity index (χ3n) is 4.19. The lowest BCUT2D eigenvalue weighted by atomic mass is 10.2. The van der Waals surface area contributed by atoms with E-state index in [-0.39, 0.29) is 24.1 Å². The van der Waals surface area contributed by atoms with Gasteiger partial charge in [0.25, 0.3) is 5.56 Å². The predicted molar refractivity (Wildman–Crippen MR) is 92.3 cm³/mol. The quantitative estimate of drug-likeness (QED) is 0.761. The summed E-state index contributed by atoms with van der Waals surface area (Å²) in [4.78, 5) is 43.7. The van der Waals surface area contributed by atoms with E-state index in [1.54, 1.807) is 16.7 Å². The number of aromatic nitrogens is 2. The van der Waals surface area contributed by atoms with Crippen molar-refractivity contribution in [2.45, 2.75) is 39.7 Å². The number of amides is 2. The van der Waals surface area contributed by atoms with Crippen LogP contribution in [0.1, 0.15) is 32.4 Å². The molecule has 1 aliphatic heterocycles. The van der Waals surface area contributed by atoms with Gasteiger partial charge in [0.1, 0.15) is 6.54 Å². The number of rotatable bonds is 6. The van der Waals surface area contributed by atoms with Gasteiger partial charge in [-0.3, -0.25) is 14.2 Å². The van der Waals surface area contributed by atoms with Crippen molar-refractivity contribution >= 4 is 12.0 Å². The summed E-state index contributed by atoms with van der Waals surface area (Å²) in [6, 6.07) is 1.50. The lowest BCUT2D eigenvalue weighted by Gasteiger charge is -2.34. The number of ether oxygens (including phenoxy) is 1. The van der Waals surface area contributed by atoms with E-state index < -0.39 is 0 Å². The van der Waals surface area contributed by atoms with Gasteiger partial charge >= 0.3 is 6.09 Å². The lowest BCUT2D eigenvalue weighted by Crippen LogP contribution is -2.51. The van der Waals surface area contributed by atoms with Crippen molar-refractivity contribution < 1.29 is 14.3 Å². The van der Waals surface area contributed by atoms with E-state index in [1.807, 2.05) is 0 Å². The zero-order chi connectivity index (χ0) is 18.2. The van der Waals surface area contributed by atoms with Gasteiger partial charge in [-0.25, -0.2) is 9.78 Å². The van der Waals surface area contributed by atoms with E-state index in [0.717, 1.165) is 25.0 Å². The summed E-state index contributed by atoms with van der Waals surface area (Å²) < 4.78 is 6.29. The number of nitrogens with zero attached hydrogens (tertiary/aromatic N) is 4. The molecule has 0 aliphatic carbocycles. The standard InChI is InChI=1S/C17H26N4O4/c1-3-5-6-14-11-15(22)21(13-18-14)12-16(23)19-7-9-20(10-8-19)17(24)25-4-2/h11,13H,3-10,12H2,1-2H3. The Morgan fingerprint density at radius 3 is 2.44 bits per heavy atom. The fraction of sp³-hybridized carbons (Fsp3) is 0.647. The summed E-state index contributed by atoms with van der Waals surface area (Å²) in [5, 5.41) is 0. The highest BCUT2D eigenvalue weighted by molar-refractivity contribution is 5.76. The molecule has 8 heteroatoms. The highest BCUT2D eigenvalue weighted by Crippen LogP contribution is 2.05. The Morgan fingerprint density at radius 1 is 1.16 bits per heavy atom. The van der Waals surface area contributed by atoms with Crippen molar-refractivity contribution in [2.24, 2.45) is 0 Å². The van der Waals surface area contributed by atoms with Crippen LogP contribution in [0, 0.1) is 0 Å². The maximum Gasteiger partial charge on any atom is 0.409 e. The van der Waals surface area contributed by atoms with Crippen LogP contribution >= 0.6 is 0 Å². The van der Waals surface area contributed by atoms with Gasteiger partial charge in [0.05, 0.1) is 12.9 Å². The van der Waals surface area contributed by atoms with E-state index in [4.69, 9.17) is 4.74 Å². The molecule has 2 amide bonds. The molecule has 8 nitrogen and oxygen atoms in total. The van der Waals surface area contributed by atoms with Crippen LogP contribution in [-0.2, 0) is 22.5 Å². The highest BCUT2D eigenvalue weighted by atomic mass is 16.6. The Kier molecular flexibility index (Phi) is 6.97. The number of hydrogen-bond acceptors (Lipinski definition) is 5. The average molecular weight is 350 g/mol. The molecule has 0 aromatic carbocycles. The van der Waals surface area contributed by atoms with Gasteiger partial charge < -0.3 is 14.5 Å². The summed E-state index contributed by atoms with van der Waals surface area (Å²) >= 11 is 0. The molecular weight excluding hydrogens is 324 g/mol. The second-order valence-corrected chi connectivity index (χ2v) is 6.02.